The Kier molecular flexibility index (Phi) is 4.65. The number of methoxy groups -OCH3 is 1. The standard InChI is InChI=1S/C13H20N6O/c1-4-10-6-11(19(5-2)18-10)12(17-14)9-7-15-13(20-3)16-8-9/h6-8,12,17H,4-5,14H2,1-3H3. The topological polar surface area (TPSA) is 90.9 Å². The van der Waals surface area contributed by atoms with Gasteiger partial charge >= 0.3 is 6.01 Å². The van der Waals surface area contributed by atoms with Crippen molar-refractivity contribution < 1.29 is 4.74 Å². The quantitative estimate of drug-likeness (QED) is 0.599. The van der Waals surface area contributed by atoms with Crippen LogP contribution in [0.15, 0.2) is 18.5 Å². The predicted octanol–water partition coefficient (Wildman–Crippen LogP) is 0.817. The molecule has 0 aromatic carbocycles. The van der Waals surface area contributed by atoms with Gasteiger partial charge in [0.1, 0.15) is 0 Å². The average molecular weight is 276 g/mol. The molecule has 2 aromatic rings. The monoisotopic (exact) mass is 276 g/mol. The summed E-state index contributed by atoms with van der Waals surface area (Å²) in [5, 5.41) is 4.53. The first kappa shape index (κ1) is 14.4. The van der Waals surface area contributed by atoms with Crippen LogP contribution in [0.2, 0.25) is 0 Å². The molecule has 7 heteroatoms. The van der Waals surface area contributed by atoms with E-state index >= 15 is 0 Å². The van der Waals surface area contributed by atoms with E-state index in [1.54, 1.807) is 12.4 Å². The maximum atomic E-state index is 5.70. The molecule has 0 aliphatic heterocycles. The first-order chi connectivity index (χ1) is 9.73. The number of hydrogen-bond donors (Lipinski definition) is 2. The highest BCUT2D eigenvalue weighted by Crippen LogP contribution is 2.22. The Hall–Kier alpha value is -1.99. The summed E-state index contributed by atoms with van der Waals surface area (Å²) < 4.78 is 6.90. The summed E-state index contributed by atoms with van der Waals surface area (Å²) in [4.78, 5) is 8.23. The molecule has 0 spiro atoms. The molecular formula is C13H20N6O. The lowest BCUT2D eigenvalue weighted by molar-refractivity contribution is 0.378. The molecule has 0 saturated carbocycles. The molecule has 7 nitrogen and oxygen atoms in total. The van der Waals surface area contributed by atoms with Crippen LogP contribution in [0.3, 0.4) is 0 Å². The number of ether oxygens (including phenoxy) is 1. The smallest absolute Gasteiger partial charge is 0.316 e. The zero-order chi connectivity index (χ0) is 14.5. The summed E-state index contributed by atoms with van der Waals surface area (Å²) in [6.45, 7) is 4.91. The molecule has 2 heterocycles. The van der Waals surface area contributed by atoms with Crippen molar-refractivity contribution >= 4 is 0 Å². The van der Waals surface area contributed by atoms with Gasteiger partial charge in [0.2, 0.25) is 0 Å². The highest BCUT2D eigenvalue weighted by atomic mass is 16.5. The Balaban J connectivity index is 2.37. The zero-order valence-corrected chi connectivity index (χ0v) is 12.0. The summed E-state index contributed by atoms with van der Waals surface area (Å²) in [5.41, 5.74) is 5.71. The molecule has 0 saturated heterocycles. The van der Waals surface area contributed by atoms with E-state index in [0.717, 1.165) is 29.9 Å². The molecule has 1 atom stereocenters. The summed E-state index contributed by atoms with van der Waals surface area (Å²) >= 11 is 0. The summed E-state index contributed by atoms with van der Waals surface area (Å²) in [6, 6.07) is 2.19. The minimum absolute atomic E-state index is 0.200. The summed E-state index contributed by atoms with van der Waals surface area (Å²) in [6.07, 6.45) is 4.29. The largest absolute Gasteiger partial charge is 0.467 e. The van der Waals surface area contributed by atoms with Crippen LogP contribution >= 0.6 is 0 Å². The highest BCUT2D eigenvalue weighted by Gasteiger charge is 2.19. The molecule has 3 N–H and O–H groups in total. The van der Waals surface area contributed by atoms with Gasteiger partial charge in [0, 0.05) is 24.5 Å². The molecule has 2 rings (SSSR count). The first-order valence-electron chi connectivity index (χ1n) is 6.62. The normalized spacial score (nSPS) is 12.4. The molecule has 0 amide bonds. The number of hydrogen-bond acceptors (Lipinski definition) is 6. The highest BCUT2D eigenvalue weighted by molar-refractivity contribution is 5.26. The fourth-order valence-corrected chi connectivity index (χ4v) is 2.08. The Morgan fingerprint density at radius 2 is 2.05 bits per heavy atom. The van der Waals surface area contributed by atoms with Crippen LogP contribution < -0.4 is 16.0 Å². The van der Waals surface area contributed by atoms with Crippen LogP contribution in [0.5, 0.6) is 6.01 Å². The number of nitrogens with one attached hydrogen (secondary N) is 1. The maximum Gasteiger partial charge on any atom is 0.316 e. The summed E-state index contributed by atoms with van der Waals surface area (Å²) in [5.74, 6) is 5.70. The van der Waals surface area contributed by atoms with E-state index in [1.807, 2.05) is 11.6 Å². The minimum Gasteiger partial charge on any atom is -0.467 e. The average Bonchev–Trinajstić information content (AvgIpc) is 2.92. The van der Waals surface area contributed by atoms with Crippen LogP contribution in [0.1, 0.15) is 36.8 Å². The van der Waals surface area contributed by atoms with Crippen molar-refractivity contribution in [2.75, 3.05) is 7.11 Å². The van der Waals surface area contributed by atoms with Gasteiger partial charge in [0.25, 0.3) is 0 Å². The minimum atomic E-state index is -0.200. The van der Waals surface area contributed by atoms with Crippen molar-refractivity contribution in [1.82, 2.24) is 25.2 Å². The first-order valence-corrected chi connectivity index (χ1v) is 6.62. The SMILES string of the molecule is CCc1cc(C(NN)c2cnc(OC)nc2)n(CC)n1. The van der Waals surface area contributed by atoms with E-state index in [9.17, 15) is 0 Å². The van der Waals surface area contributed by atoms with Crippen molar-refractivity contribution in [3.63, 3.8) is 0 Å². The van der Waals surface area contributed by atoms with Crippen LogP contribution in [-0.4, -0.2) is 26.9 Å². The van der Waals surface area contributed by atoms with E-state index < -0.39 is 0 Å². The van der Waals surface area contributed by atoms with Crippen molar-refractivity contribution in [3.8, 4) is 6.01 Å². The van der Waals surface area contributed by atoms with Gasteiger partial charge in [0.15, 0.2) is 0 Å². The number of nitrogens with zero attached hydrogens (tertiary/aromatic N) is 4. The number of hydrazine groups is 1. The Morgan fingerprint density at radius 3 is 2.55 bits per heavy atom. The number of rotatable bonds is 6. The lowest BCUT2D eigenvalue weighted by atomic mass is 10.1. The lowest BCUT2D eigenvalue weighted by Crippen LogP contribution is -2.30. The second kappa shape index (κ2) is 6.44. The Labute approximate surface area is 118 Å². The van der Waals surface area contributed by atoms with Crippen molar-refractivity contribution in [3.05, 3.63) is 35.4 Å². The number of aryl methyl sites for hydroxylation is 2. The van der Waals surface area contributed by atoms with E-state index in [1.165, 1.54) is 7.11 Å². The third kappa shape index (κ3) is 2.78. The Morgan fingerprint density at radius 1 is 1.35 bits per heavy atom. The maximum absolute atomic E-state index is 5.70. The molecule has 2 aromatic heterocycles. The van der Waals surface area contributed by atoms with Crippen LogP contribution in [-0.2, 0) is 13.0 Å². The molecule has 20 heavy (non-hydrogen) atoms. The second-order valence-electron chi connectivity index (χ2n) is 4.33. The molecular weight excluding hydrogens is 256 g/mol. The second-order valence-corrected chi connectivity index (χ2v) is 4.33. The third-order valence-electron chi connectivity index (χ3n) is 3.15. The fourth-order valence-electron chi connectivity index (χ4n) is 2.08. The van der Waals surface area contributed by atoms with E-state index in [0.29, 0.717) is 6.01 Å². The van der Waals surface area contributed by atoms with Crippen LogP contribution in [0.25, 0.3) is 0 Å². The van der Waals surface area contributed by atoms with Gasteiger partial charge in [-0.15, -0.1) is 0 Å². The molecule has 0 aliphatic rings. The third-order valence-corrected chi connectivity index (χ3v) is 3.15. The Bertz CT molecular complexity index is 550. The number of aromatic nitrogens is 4. The predicted molar refractivity (Wildman–Crippen MR) is 75.0 cm³/mol. The van der Waals surface area contributed by atoms with E-state index in [-0.39, 0.29) is 6.04 Å². The number of nitrogens with two attached hydrogens (primary N) is 1. The van der Waals surface area contributed by atoms with Crippen LogP contribution in [0, 0.1) is 0 Å². The molecule has 0 radical (unpaired) electrons. The van der Waals surface area contributed by atoms with Gasteiger partial charge in [-0.2, -0.15) is 5.10 Å². The van der Waals surface area contributed by atoms with Crippen LogP contribution in [0.4, 0.5) is 0 Å². The molecule has 0 aliphatic carbocycles. The lowest BCUT2D eigenvalue weighted by Gasteiger charge is -2.16. The van der Waals surface area contributed by atoms with Gasteiger partial charge < -0.3 is 4.74 Å². The van der Waals surface area contributed by atoms with Crippen molar-refractivity contribution in [2.45, 2.75) is 32.9 Å². The van der Waals surface area contributed by atoms with E-state index in [4.69, 9.17) is 10.6 Å². The fraction of sp³-hybridized carbons (Fsp3) is 0.462. The molecule has 108 valence electrons. The van der Waals surface area contributed by atoms with Gasteiger partial charge in [-0.3, -0.25) is 10.5 Å². The molecule has 0 bridgehead atoms. The van der Waals surface area contributed by atoms with Crippen molar-refractivity contribution in [1.29, 1.82) is 0 Å². The van der Waals surface area contributed by atoms with Crippen molar-refractivity contribution in [2.24, 2.45) is 5.84 Å². The van der Waals surface area contributed by atoms with Gasteiger partial charge in [-0.05, 0) is 19.4 Å². The van der Waals surface area contributed by atoms with E-state index in [2.05, 4.69) is 33.5 Å². The zero-order valence-electron chi connectivity index (χ0n) is 12.0. The summed E-state index contributed by atoms with van der Waals surface area (Å²) in [7, 11) is 1.54. The van der Waals surface area contributed by atoms with Gasteiger partial charge in [-0.1, -0.05) is 6.92 Å². The van der Waals surface area contributed by atoms with Gasteiger partial charge in [-0.25, -0.2) is 15.4 Å². The molecule has 1 unspecified atom stereocenters. The van der Waals surface area contributed by atoms with Gasteiger partial charge in [0.05, 0.1) is 24.5 Å². The molecule has 0 fully saturated rings.